The van der Waals surface area contributed by atoms with Crippen LogP contribution >= 0.6 is 0 Å². The van der Waals surface area contributed by atoms with Crippen LogP contribution in [0.25, 0.3) is 11.2 Å². The molecule has 2 rings (SSSR count). The lowest BCUT2D eigenvalue weighted by Crippen LogP contribution is -2.13. The molecule has 2 atom stereocenters. The Hall–Kier alpha value is -1.32. The zero-order valence-corrected chi connectivity index (χ0v) is 12.1. The molecular weight excluding hydrogens is 224 g/mol. The zero-order chi connectivity index (χ0) is 13.3. The van der Waals surface area contributed by atoms with Gasteiger partial charge >= 0.3 is 0 Å². The molecule has 100 valence electrons. The molecule has 0 aromatic carbocycles. The number of imidazole rings is 1. The third kappa shape index (κ3) is 2.28. The van der Waals surface area contributed by atoms with E-state index in [1.54, 1.807) is 0 Å². The molecule has 2 aromatic rings. The molecule has 0 bridgehead atoms. The quantitative estimate of drug-likeness (QED) is 0.872. The predicted octanol–water partition coefficient (Wildman–Crippen LogP) is 3.88. The molecule has 0 fully saturated rings. The lowest BCUT2D eigenvalue weighted by molar-refractivity contribution is 0.383. The first kappa shape index (κ1) is 13.1. The number of aromatic nitrogens is 4. The number of nitrogens with one attached hydrogen (secondary N) is 1. The topological polar surface area (TPSA) is 46.5 Å². The zero-order valence-electron chi connectivity index (χ0n) is 12.1. The number of aromatic amines is 1. The lowest BCUT2D eigenvalue weighted by atomic mass is 10.1. The monoisotopic (exact) mass is 248 g/mol. The third-order valence-electron chi connectivity index (χ3n) is 3.80. The van der Waals surface area contributed by atoms with Crippen molar-refractivity contribution in [3.8, 4) is 0 Å². The smallest absolute Gasteiger partial charge is 0.176 e. The SMILES string of the molecule is CCCC(C)c1nc2c(cnn2C(C)C(C)C)[nH]1. The summed E-state index contributed by atoms with van der Waals surface area (Å²) in [5.41, 5.74) is 2.05. The van der Waals surface area contributed by atoms with Gasteiger partial charge in [-0.05, 0) is 19.3 Å². The number of nitrogens with zero attached hydrogens (tertiary/aromatic N) is 3. The first-order valence-electron chi connectivity index (χ1n) is 6.97. The van der Waals surface area contributed by atoms with Gasteiger partial charge in [-0.2, -0.15) is 5.10 Å². The minimum absolute atomic E-state index is 0.375. The molecule has 0 aliphatic carbocycles. The lowest BCUT2D eigenvalue weighted by Gasteiger charge is -2.15. The summed E-state index contributed by atoms with van der Waals surface area (Å²) in [6.45, 7) is 11.1. The van der Waals surface area contributed by atoms with Crippen LogP contribution < -0.4 is 0 Å². The summed E-state index contributed by atoms with van der Waals surface area (Å²) >= 11 is 0. The first-order valence-corrected chi connectivity index (χ1v) is 6.97. The van der Waals surface area contributed by atoms with Crippen molar-refractivity contribution in [3.05, 3.63) is 12.0 Å². The van der Waals surface area contributed by atoms with Crippen molar-refractivity contribution in [3.63, 3.8) is 0 Å². The van der Waals surface area contributed by atoms with Crippen LogP contribution in [-0.4, -0.2) is 19.7 Å². The molecule has 0 saturated carbocycles. The van der Waals surface area contributed by atoms with E-state index >= 15 is 0 Å². The van der Waals surface area contributed by atoms with Crippen LogP contribution in [0.15, 0.2) is 6.20 Å². The van der Waals surface area contributed by atoms with Gasteiger partial charge in [0.05, 0.1) is 12.2 Å². The number of fused-ring (bicyclic) bond motifs is 1. The second-order valence-electron chi connectivity index (χ2n) is 5.62. The average Bonchev–Trinajstić information content (AvgIpc) is 2.87. The van der Waals surface area contributed by atoms with Crippen LogP contribution in [0.2, 0.25) is 0 Å². The summed E-state index contributed by atoms with van der Waals surface area (Å²) < 4.78 is 2.04. The van der Waals surface area contributed by atoms with Gasteiger partial charge in [0.2, 0.25) is 0 Å². The fraction of sp³-hybridized carbons (Fsp3) is 0.714. The molecule has 4 heteroatoms. The highest BCUT2D eigenvalue weighted by Gasteiger charge is 2.18. The largest absolute Gasteiger partial charge is 0.339 e. The van der Waals surface area contributed by atoms with Crippen molar-refractivity contribution in [1.29, 1.82) is 0 Å². The molecule has 4 nitrogen and oxygen atoms in total. The Balaban J connectivity index is 2.35. The predicted molar refractivity (Wildman–Crippen MR) is 74.8 cm³/mol. The molecule has 2 unspecified atom stereocenters. The van der Waals surface area contributed by atoms with Crippen molar-refractivity contribution in [2.45, 2.75) is 59.4 Å². The van der Waals surface area contributed by atoms with Gasteiger partial charge in [0, 0.05) is 5.92 Å². The molecule has 18 heavy (non-hydrogen) atoms. The molecule has 2 heterocycles. The van der Waals surface area contributed by atoms with E-state index in [9.17, 15) is 0 Å². The van der Waals surface area contributed by atoms with E-state index in [4.69, 9.17) is 4.98 Å². The van der Waals surface area contributed by atoms with E-state index in [1.165, 1.54) is 12.8 Å². The maximum absolute atomic E-state index is 4.74. The Morgan fingerprint density at radius 1 is 1.28 bits per heavy atom. The highest BCUT2D eigenvalue weighted by atomic mass is 15.3. The van der Waals surface area contributed by atoms with Crippen molar-refractivity contribution >= 4 is 11.2 Å². The Bertz CT molecular complexity index is 509. The summed E-state index contributed by atoms with van der Waals surface area (Å²) in [4.78, 5) is 8.14. The summed E-state index contributed by atoms with van der Waals surface area (Å²) in [5, 5.41) is 4.45. The van der Waals surface area contributed by atoms with Crippen LogP contribution in [0.1, 0.15) is 65.2 Å². The van der Waals surface area contributed by atoms with E-state index in [2.05, 4.69) is 44.7 Å². The Morgan fingerprint density at radius 3 is 2.61 bits per heavy atom. The summed E-state index contributed by atoms with van der Waals surface area (Å²) in [6.07, 6.45) is 4.25. The molecular formula is C14H24N4. The van der Waals surface area contributed by atoms with E-state index in [0.717, 1.165) is 17.0 Å². The molecule has 0 amide bonds. The van der Waals surface area contributed by atoms with Gasteiger partial charge in [-0.15, -0.1) is 0 Å². The van der Waals surface area contributed by atoms with Gasteiger partial charge in [-0.25, -0.2) is 9.67 Å². The van der Waals surface area contributed by atoms with E-state index in [0.29, 0.717) is 17.9 Å². The highest BCUT2D eigenvalue weighted by Crippen LogP contribution is 2.24. The molecule has 0 radical (unpaired) electrons. The highest BCUT2D eigenvalue weighted by molar-refractivity contribution is 5.70. The third-order valence-corrected chi connectivity index (χ3v) is 3.80. The van der Waals surface area contributed by atoms with Crippen LogP contribution in [0, 0.1) is 5.92 Å². The van der Waals surface area contributed by atoms with Crippen LogP contribution in [0.4, 0.5) is 0 Å². The van der Waals surface area contributed by atoms with Crippen LogP contribution in [0.5, 0.6) is 0 Å². The number of H-pyrrole nitrogens is 1. The first-order chi connectivity index (χ1) is 8.54. The van der Waals surface area contributed by atoms with Gasteiger partial charge in [0.15, 0.2) is 5.65 Å². The fourth-order valence-corrected chi connectivity index (χ4v) is 2.22. The molecule has 0 aliphatic rings. The Kier molecular flexibility index (Phi) is 3.73. The average molecular weight is 248 g/mol. The summed E-state index contributed by atoms with van der Waals surface area (Å²) in [7, 11) is 0. The number of hydrogen-bond acceptors (Lipinski definition) is 2. The standard InChI is InChI=1S/C14H24N4/c1-6-7-10(4)13-16-12-8-15-18(14(12)17-13)11(5)9(2)3/h8-11H,6-7H2,1-5H3,(H,16,17). The van der Waals surface area contributed by atoms with Gasteiger partial charge in [-0.3, -0.25) is 0 Å². The molecule has 2 aromatic heterocycles. The van der Waals surface area contributed by atoms with Crippen LogP contribution in [0.3, 0.4) is 0 Å². The maximum Gasteiger partial charge on any atom is 0.176 e. The van der Waals surface area contributed by atoms with E-state index in [-0.39, 0.29) is 0 Å². The van der Waals surface area contributed by atoms with Gasteiger partial charge in [0.1, 0.15) is 11.3 Å². The van der Waals surface area contributed by atoms with Crippen molar-refractivity contribution in [2.75, 3.05) is 0 Å². The number of hydrogen-bond donors (Lipinski definition) is 1. The number of rotatable bonds is 5. The van der Waals surface area contributed by atoms with Crippen LogP contribution in [-0.2, 0) is 0 Å². The van der Waals surface area contributed by atoms with E-state index in [1.807, 2.05) is 10.9 Å². The van der Waals surface area contributed by atoms with Crippen molar-refractivity contribution in [2.24, 2.45) is 5.92 Å². The van der Waals surface area contributed by atoms with Gasteiger partial charge < -0.3 is 4.98 Å². The van der Waals surface area contributed by atoms with Gasteiger partial charge in [-0.1, -0.05) is 34.1 Å². The van der Waals surface area contributed by atoms with Crippen molar-refractivity contribution in [1.82, 2.24) is 19.7 Å². The second kappa shape index (κ2) is 5.12. The molecule has 0 spiro atoms. The minimum atomic E-state index is 0.375. The van der Waals surface area contributed by atoms with Gasteiger partial charge in [0.25, 0.3) is 0 Å². The van der Waals surface area contributed by atoms with Crippen molar-refractivity contribution < 1.29 is 0 Å². The summed E-state index contributed by atoms with van der Waals surface area (Å²) in [5.74, 6) is 2.14. The molecule has 0 aliphatic heterocycles. The Labute approximate surface area is 109 Å². The molecule has 1 N–H and O–H groups in total. The summed E-state index contributed by atoms with van der Waals surface area (Å²) in [6, 6.07) is 0.375. The fourth-order valence-electron chi connectivity index (χ4n) is 2.22. The van der Waals surface area contributed by atoms with E-state index < -0.39 is 0 Å². The minimum Gasteiger partial charge on any atom is -0.339 e. The Morgan fingerprint density at radius 2 is 2.00 bits per heavy atom. The maximum atomic E-state index is 4.74. The normalized spacial score (nSPS) is 15.4. The molecule has 0 saturated heterocycles. The second-order valence-corrected chi connectivity index (χ2v) is 5.62.